The first kappa shape index (κ1) is 30.2. The molecule has 2 aliphatic rings. The van der Waals surface area contributed by atoms with Crippen molar-refractivity contribution in [3.8, 4) is 12.8 Å². The van der Waals surface area contributed by atoms with Crippen molar-refractivity contribution in [1.82, 2.24) is 0 Å². The molecule has 0 aromatic rings. The van der Waals surface area contributed by atoms with E-state index in [4.69, 9.17) is 5.11 Å². The maximum atomic E-state index is 9.60. The Kier molecular flexibility index (Phi) is 25.1. The number of allylic oxidation sites excluding steroid dienone is 3. The smallest absolute Gasteiger partial charge is 0.0792 e. The Labute approximate surface area is 169 Å². The van der Waals surface area contributed by atoms with Gasteiger partial charge in [-0.3, -0.25) is 0 Å². The highest BCUT2D eigenvalue weighted by atomic mass is 16.3. The predicted octanol–water partition coefficient (Wildman–Crippen LogP) is 6.76. The monoisotopic (exact) mass is 376 g/mol. The Morgan fingerprint density at radius 1 is 1.04 bits per heavy atom. The number of aliphatic hydroxyl groups is 2. The molecule has 2 atom stereocenters. The quantitative estimate of drug-likeness (QED) is 0.392. The van der Waals surface area contributed by atoms with Gasteiger partial charge < -0.3 is 10.2 Å². The number of terminal acetylenes is 1. The summed E-state index contributed by atoms with van der Waals surface area (Å²) in [6.45, 7) is 18.0. The molecule has 0 bridgehead atoms. The molecule has 0 saturated heterocycles. The fourth-order valence-electron chi connectivity index (χ4n) is 2.60. The summed E-state index contributed by atoms with van der Waals surface area (Å²) >= 11 is 0. The second-order valence-corrected chi connectivity index (χ2v) is 6.37. The molecule has 0 aliphatic heterocycles. The fourth-order valence-corrected chi connectivity index (χ4v) is 2.60. The lowest BCUT2D eigenvalue weighted by Crippen LogP contribution is -2.16. The van der Waals surface area contributed by atoms with Crippen molar-refractivity contribution in [2.45, 2.75) is 98.2 Å². The zero-order chi connectivity index (χ0) is 21.7. The van der Waals surface area contributed by atoms with Crippen molar-refractivity contribution in [3.63, 3.8) is 0 Å². The van der Waals surface area contributed by atoms with Crippen molar-refractivity contribution < 1.29 is 10.2 Å². The lowest BCUT2D eigenvalue weighted by atomic mass is 9.88. The minimum Gasteiger partial charge on any atom is -0.393 e. The van der Waals surface area contributed by atoms with Crippen molar-refractivity contribution >= 4 is 0 Å². The zero-order valence-corrected chi connectivity index (χ0v) is 18.5. The third-order valence-corrected chi connectivity index (χ3v) is 3.78. The van der Waals surface area contributed by atoms with Crippen LogP contribution in [0.5, 0.6) is 0 Å². The Balaban J connectivity index is -0.000000332. The van der Waals surface area contributed by atoms with Crippen LogP contribution in [-0.4, -0.2) is 22.4 Å². The molecule has 0 spiro atoms. The molecule has 0 heterocycles. The van der Waals surface area contributed by atoms with Crippen molar-refractivity contribution in [1.29, 1.82) is 0 Å². The summed E-state index contributed by atoms with van der Waals surface area (Å²) in [5, 5.41) is 18.6. The fraction of sp³-hybridized carbons (Fsp3) is 0.600. The van der Waals surface area contributed by atoms with Crippen molar-refractivity contribution in [2.24, 2.45) is 0 Å². The number of hydrogen-bond acceptors (Lipinski definition) is 2. The average molecular weight is 377 g/mol. The van der Waals surface area contributed by atoms with Gasteiger partial charge in [-0.1, -0.05) is 71.1 Å². The minimum absolute atomic E-state index is 0.0868. The van der Waals surface area contributed by atoms with Gasteiger partial charge in [0.05, 0.1) is 12.2 Å². The van der Waals surface area contributed by atoms with Crippen molar-refractivity contribution in [2.75, 3.05) is 0 Å². The topological polar surface area (TPSA) is 40.5 Å². The average Bonchev–Trinajstić information content (AvgIpc) is 2.66. The van der Waals surface area contributed by atoms with E-state index in [-0.39, 0.29) is 12.2 Å². The van der Waals surface area contributed by atoms with Crippen LogP contribution in [0.1, 0.15) is 86.0 Å². The Morgan fingerprint density at radius 2 is 1.56 bits per heavy atom. The third-order valence-electron chi connectivity index (χ3n) is 3.78. The highest BCUT2D eigenvalue weighted by Gasteiger charge is 2.17. The first-order valence-electron chi connectivity index (χ1n) is 10.3. The SMILES string of the molecule is C#C.C=C1CCCC(O)/C1=C/C=C\C.C=C1CCCC(O)C1.CC.CCC. The van der Waals surface area contributed by atoms with Gasteiger partial charge in [-0.15, -0.1) is 12.8 Å². The molecule has 2 rings (SSSR count). The summed E-state index contributed by atoms with van der Waals surface area (Å²) in [6.07, 6.45) is 21.8. The van der Waals surface area contributed by atoms with E-state index in [1.165, 1.54) is 12.0 Å². The van der Waals surface area contributed by atoms with Crippen LogP contribution in [0.3, 0.4) is 0 Å². The van der Waals surface area contributed by atoms with Crippen LogP contribution in [0.2, 0.25) is 0 Å². The van der Waals surface area contributed by atoms with E-state index in [0.717, 1.165) is 56.1 Å². The van der Waals surface area contributed by atoms with Crippen LogP contribution >= 0.6 is 0 Å². The van der Waals surface area contributed by atoms with Gasteiger partial charge in [0.15, 0.2) is 0 Å². The molecule has 2 heteroatoms. The zero-order valence-electron chi connectivity index (χ0n) is 18.5. The Bertz CT molecular complexity index is 440. The van der Waals surface area contributed by atoms with Gasteiger partial charge in [-0.05, 0) is 63.0 Å². The van der Waals surface area contributed by atoms with Gasteiger partial charge in [0.25, 0.3) is 0 Å². The molecule has 2 saturated carbocycles. The standard InChI is InChI=1S/C11H16O.C7H12O.C3H8.C2H6.C2H2/c1-3-4-7-10-9(2)6-5-8-11(10)12;1-6-3-2-4-7(8)5-6;1-3-2;2*1-2/h3-4,7,11-12H,2,5-6,8H2,1H3;7-8H,1-5H2;3H2,1-2H3;1-2H3;1-2H/b4-3-,10-7+;;;;. The summed E-state index contributed by atoms with van der Waals surface area (Å²) in [5.74, 6) is 0. The molecule has 2 aliphatic carbocycles. The van der Waals surface area contributed by atoms with Crippen LogP contribution in [-0.2, 0) is 0 Å². The van der Waals surface area contributed by atoms with E-state index in [2.05, 4.69) is 39.9 Å². The van der Waals surface area contributed by atoms with Gasteiger partial charge in [-0.25, -0.2) is 0 Å². The third kappa shape index (κ3) is 17.6. The van der Waals surface area contributed by atoms with Crippen LogP contribution < -0.4 is 0 Å². The summed E-state index contributed by atoms with van der Waals surface area (Å²) in [4.78, 5) is 0. The number of rotatable bonds is 1. The molecular weight excluding hydrogens is 332 g/mol. The molecule has 2 nitrogen and oxygen atoms in total. The normalized spacial score (nSPS) is 22.8. The number of hydrogen-bond donors (Lipinski definition) is 2. The molecule has 0 radical (unpaired) electrons. The second-order valence-electron chi connectivity index (χ2n) is 6.37. The van der Waals surface area contributed by atoms with Crippen LogP contribution in [0, 0.1) is 12.8 Å². The summed E-state index contributed by atoms with van der Waals surface area (Å²) in [5.41, 5.74) is 3.31. The van der Waals surface area contributed by atoms with Crippen LogP contribution in [0.4, 0.5) is 0 Å². The van der Waals surface area contributed by atoms with E-state index in [9.17, 15) is 5.11 Å². The molecule has 0 aromatic heterocycles. The van der Waals surface area contributed by atoms with Crippen LogP contribution in [0.15, 0.2) is 48.1 Å². The lowest BCUT2D eigenvalue weighted by molar-refractivity contribution is 0.150. The van der Waals surface area contributed by atoms with Gasteiger partial charge in [0.1, 0.15) is 0 Å². The van der Waals surface area contributed by atoms with Gasteiger partial charge >= 0.3 is 0 Å². The first-order valence-corrected chi connectivity index (χ1v) is 10.3. The molecule has 2 unspecified atom stereocenters. The molecular formula is C25H44O2. The molecule has 156 valence electrons. The first-order chi connectivity index (χ1) is 13.0. The Morgan fingerprint density at radius 3 is 1.93 bits per heavy atom. The molecule has 2 N–H and O–H groups in total. The highest BCUT2D eigenvalue weighted by molar-refractivity contribution is 5.36. The van der Waals surface area contributed by atoms with Gasteiger partial charge in [-0.2, -0.15) is 0 Å². The van der Waals surface area contributed by atoms with E-state index in [1.807, 2.05) is 39.0 Å². The summed E-state index contributed by atoms with van der Waals surface area (Å²) < 4.78 is 0. The maximum Gasteiger partial charge on any atom is 0.0792 e. The van der Waals surface area contributed by atoms with Gasteiger partial charge in [0.2, 0.25) is 0 Å². The molecule has 27 heavy (non-hydrogen) atoms. The van der Waals surface area contributed by atoms with E-state index in [0.29, 0.717) is 0 Å². The van der Waals surface area contributed by atoms with E-state index in [1.54, 1.807) is 0 Å². The van der Waals surface area contributed by atoms with E-state index >= 15 is 0 Å². The second kappa shape index (κ2) is 22.5. The van der Waals surface area contributed by atoms with Gasteiger partial charge in [0, 0.05) is 0 Å². The predicted molar refractivity (Wildman–Crippen MR) is 123 cm³/mol. The Hall–Kier alpha value is -1.56. The minimum atomic E-state index is -0.289. The largest absolute Gasteiger partial charge is 0.393 e. The van der Waals surface area contributed by atoms with Crippen LogP contribution in [0.25, 0.3) is 0 Å². The maximum absolute atomic E-state index is 9.60. The summed E-state index contributed by atoms with van der Waals surface area (Å²) in [7, 11) is 0. The van der Waals surface area contributed by atoms with E-state index < -0.39 is 0 Å². The number of aliphatic hydroxyl groups excluding tert-OH is 2. The lowest BCUT2D eigenvalue weighted by Gasteiger charge is -2.22. The highest BCUT2D eigenvalue weighted by Crippen LogP contribution is 2.27. The molecule has 2 fully saturated rings. The summed E-state index contributed by atoms with van der Waals surface area (Å²) in [6, 6.07) is 0. The molecule has 0 amide bonds. The van der Waals surface area contributed by atoms with Crippen molar-refractivity contribution in [3.05, 3.63) is 48.1 Å². The molecule has 0 aromatic carbocycles.